The smallest absolute Gasteiger partial charge is 0.164 e. The molecule has 4 rings (SSSR count). The lowest BCUT2D eigenvalue weighted by Gasteiger charge is -2.14. The van der Waals surface area contributed by atoms with Gasteiger partial charge in [-0.25, -0.2) is 14.6 Å². The number of rotatable bonds is 7. The molecule has 33 heavy (non-hydrogen) atoms. The summed E-state index contributed by atoms with van der Waals surface area (Å²) in [5.41, 5.74) is 9.59. The number of benzene rings is 1. The number of aryl methyl sites for hydroxylation is 2. The molecule has 0 amide bonds. The third-order valence-corrected chi connectivity index (χ3v) is 5.17. The highest BCUT2D eigenvalue weighted by Gasteiger charge is 2.15. The van der Waals surface area contributed by atoms with Crippen molar-refractivity contribution in [3.8, 4) is 23.0 Å². The first-order valence-electron chi connectivity index (χ1n) is 11.2. The van der Waals surface area contributed by atoms with Crippen LogP contribution < -0.4 is 15.8 Å². The summed E-state index contributed by atoms with van der Waals surface area (Å²) in [5.74, 6) is 2.18. The van der Waals surface area contributed by atoms with Crippen LogP contribution >= 0.6 is 0 Å². The van der Waals surface area contributed by atoms with Gasteiger partial charge in [-0.1, -0.05) is 12.1 Å². The number of anilines is 1. The highest BCUT2D eigenvalue weighted by Crippen LogP contribution is 2.26. The van der Waals surface area contributed by atoms with Crippen molar-refractivity contribution in [2.24, 2.45) is 0 Å². The largest absolute Gasteiger partial charge is 0.491 e. The van der Waals surface area contributed by atoms with Gasteiger partial charge in [0.15, 0.2) is 11.6 Å². The van der Waals surface area contributed by atoms with Crippen molar-refractivity contribution in [2.75, 3.05) is 39.1 Å². The van der Waals surface area contributed by atoms with Crippen molar-refractivity contribution in [1.82, 2.24) is 25.1 Å². The summed E-state index contributed by atoms with van der Waals surface area (Å²) in [4.78, 5) is 9.15. The molecule has 1 unspecified atom stereocenters. The summed E-state index contributed by atoms with van der Waals surface area (Å²) in [7, 11) is 1.78. The van der Waals surface area contributed by atoms with Crippen molar-refractivity contribution < 1.29 is 14.6 Å². The van der Waals surface area contributed by atoms with Crippen LogP contribution in [0.15, 0.2) is 30.3 Å². The Kier molecular flexibility index (Phi) is 8.76. The summed E-state index contributed by atoms with van der Waals surface area (Å²) >= 11 is 0. The number of nitrogens with one attached hydrogen (secondary N) is 1. The van der Waals surface area contributed by atoms with Crippen molar-refractivity contribution in [2.45, 2.75) is 39.7 Å². The standard InChI is InChI=1S/C20H26N6O2.C4H8O/c1-12-8-13(2)26(25-12)20-14(3)18(21)23-19(24-20)15-6-5-7-17(9-15)28-11-16(27)10-22-4;1-2-4-5-3-1/h5-9,16,22,27H,10-11H2,1-4H3,(H2,21,23,24);1-4H2. The fourth-order valence-corrected chi connectivity index (χ4v) is 3.42. The predicted molar refractivity (Wildman–Crippen MR) is 129 cm³/mol. The van der Waals surface area contributed by atoms with E-state index in [9.17, 15) is 5.11 Å². The van der Waals surface area contributed by atoms with Crippen LogP contribution in [0.5, 0.6) is 5.75 Å². The topological polar surface area (TPSA) is 120 Å². The number of hydrogen-bond acceptors (Lipinski definition) is 8. The Labute approximate surface area is 195 Å². The first kappa shape index (κ1) is 24.6. The van der Waals surface area contributed by atoms with Gasteiger partial charge in [-0.2, -0.15) is 5.10 Å². The Bertz CT molecular complexity index is 1040. The molecule has 4 N–H and O–H groups in total. The molecule has 1 aliphatic heterocycles. The molecule has 0 aliphatic carbocycles. The summed E-state index contributed by atoms with van der Waals surface area (Å²) in [6.07, 6.45) is 1.97. The fourth-order valence-electron chi connectivity index (χ4n) is 3.42. The molecule has 0 radical (unpaired) electrons. The van der Waals surface area contributed by atoms with E-state index in [4.69, 9.17) is 20.2 Å². The van der Waals surface area contributed by atoms with E-state index < -0.39 is 6.10 Å². The van der Waals surface area contributed by atoms with E-state index in [0.29, 0.717) is 29.8 Å². The van der Waals surface area contributed by atoms with E-state index >= 15 is 0 Å². The van der Waals surface area contributed by atoms with E-state index in [2.05, 4.69) is 15.4 Å². The Morgan fingerprint density at radius 3 is 2.55 bits per heavy atom. The first-order valence-corrected chi connectivity index (χ1v) is 11.2. The van der Waals surface area contributed by atoms with Crippen molar-refractivity contribution in [3.05, 3.63) is 47.3 Å². The van der Waals surface area contributed by atoms with Gasteiger partial charge in [0.2, 0.25) is 0 Å². The number of ether oxygens (including phenoxy) is 2. The summed E-state index contributed by atoms with van der Waals surface area (Å²) in [6, 6.07) is 9.40. The molecule has 1 aliphatic rings. The van der Waals surface area contributed by atoms with Gasteiger partial charge in [-0.15, -0.1) is 0 Å². The average Bonchev–Trinajstić information content (AvgIpc) is 3.48. The molecule has 1 saturated heterocycles. The Hall–Kier alpha value is -3.01. The zero-order chi connectivity index (χ0) is 23.8. The van der Waals surface area contributed by atoms with E-state index in [-0.39, 0.29) is 6.61 Å². The second kappa shape index (κ2) is 11.7. The summed E-state index contributed by atoms with van der Waals surface area (Å²) in [6.45, 7) is 8.45. The third-order valence-electron chi connectivity index (χ3n) is 5.17. The number of likely N-dealkylation sites (N-methyl/N-ethyl adjacent to an activating group) is 1. The maximum absolute atomic E-state index is 9.82. The average molecular weight is 455 g/mol. The number of aromatic nitrogens is 4. The number of aliphatic hydroxyl groups is 1. The second-order valence-corrected chi connectivity index (χ2v) is 8.09. The number of nitrogens with two attached hydrogens (primary N) is 1. The predicted octanol–water partition coefficient (Wildman–Crippen LogP) is 2.59. The molecule has 0 spiro atoms. The van der Waals surface area contributed by atoms with Gasteiger partial charge < -0.3 is 25.6 Å². The third kappa shape index (κ3) is 6.74. The molecule has 178 valence electrons. The van der Waals surface area contributed by atoms with E-state index in [1.807, 2.05) is 51.1 Å². The molecule has 1 atom stereocenters. The molecule has 9 nitrogen and oxygen atoms in total. The minimum absolute atomic E-state index is 0.193. The van der Waals surface area contributed by atoms with E-state index in [1.165, 1.54) is 12.8 Å². The maximum atomic E-state index is 9.82. The van der Waals surface area contributed by atoms with Gasteiger partial charge in [0, 0.05) is 36.6 Å². The van der Waals surface area contributed by atoms with Crippen LogP contribution in [-0.4, -0.2) is 64.4 Å². The van der Waals surface area contributed by atoms with Crippen molar-refractivity contribution in [3.63, 3.8) is 0 Å². The normalized spacial score (nSPS) is 14.0. The van der Waals surface area contributed by atoms with Crippen LogP contribution in [0.2, 0.25) is 0 Å². The molecule has 3 aromatic rings. The SMILES string of the molecule is C1CCOC1.CNCC(O)COc1cccc(-c2nc(N)c(C)c(-n3nc(C)cc3C)n2)c1. The molecule has 2 aromatic heterocycles. The fraction of sp³-hybridized carbons (Fsp3) is 0.458. The van der Waals surface area contributed by atoms with E-state index in [1.54, 1.807) is 11.7 Å². The summed E-state index contributed by atoms with van der Waals surface area (Å²) < 4.78 is 12.4. The van der Waals surface area contributed by atoms with Gasteiger partial charge in [-0.05, 0) is 58.9 Å². The molecule has 3 heterocycles. The van der Waals surface area contributed by atoms with Gasteiger partial charge in [0.05, 0.1) is 5.69 Å². The van der Waals surface area contributed by atoms with Crippen molar-refractivity contribution >= 4 is 5.82 Å². The van der Waals surface area contributed by atoms with Crippen LogP contribution in [0.3, 0.4) is 0 Å². The van der Waals surface area contributed by atoms with Crippen LogP contribution in [0.25, 0.3) is 17.2 Å². The minimum atomic E-state index is -0.586. The first-order chi connectivity index (χ1) is 15.9. The monoisotopic (exact) mass is 454 g/mol. The highest BCUT2D eigenvalue weighted by atomic mass is 16.5. The highest BCUT2D eigenvalue weighted by molar-refractivity contribution is 5.62. The lowest BCUT2D eigenvalue weighted by atomic mass is 10.2. The molecule has 1 aromatic carbocycles. The van der Waals surface area contributed by atoms with Crippen molar-refractivity contribution in [1.29, 1.82) is 0 Å². The Morgan fingerprint density at radius 2 is 1.94 bits per heavy atom. The quantitative estimate of drug-likeness (QED) is 0.498. The Morgan fingerprint density at radius 1 is 1.18 bits per heavy atom. The maximum Gasteiger partial charge on any atom is 0.164 e. The van der Waals surface area contributed by atoms with Gasteiger partial charge >= 0.3 is 0 Å². The minimum Gasteiger partial charge on any atom is -0.491 e. The molecular formula is C24H34N6O3. The molecule has 0 saturated carbocycles. The number of nitrogens with zero attached hydrogens (tertiary/aromatic N) is 4. The van der Waals surface area contributed by atoms with Crippen LogP contribution in [-0.2, 0) is 4.74 Å². The number of aliphatic hydroxyl groups excluding tert-OH is 1. The molecular weight excluding hydrogens is 420 g/mol. The van der Waals surface area contributed by atoms with Crippen LogP contribution in [0.1, 0.15) is 29.8 Å². The Balaban J connectivity index is 0.000000541. The second-order valence-electron chi connectivity index (χ2n) is 8.09. The lowest BCUT2D eigenvalue weighted by Crippen LogP contribution is -2.29. The van der Waals surface area contributed by atoms with Crippen LogP contribution in [0, 0.1) is 20.8 Å². The van der Waals surface area contributed by atoms with Gasteiger partial charge in [0.25, 0.3) is 0 Å². The van der Waals surface area contributed by atoms with Gasteiger partial charge in [0.1, 0.15) is 24.3 Å². The molecule has 0 bridgehead atoms. The van der Waals surface area contributed by atoms with E-state index in [0.717, 1.165) is 35.7 Å². The lowest BCUT2D eigenvalue weighted by molar-refractivity contribution is 0.108. The molecule has 9 heteroatoms. The van der Waals surface area contributed by atoms with Crippen LogP contribution in [0.4, 0.5) is 5.82 Å². The molecule has 1 fully saturated rings. The zero-order valence-electron chi connectivity index (χ0n) is 19.8. The summed E-state index contributed by atoms with van der Waals surface area (Å²) in [5, 5.41) is 17.2. The number of nitrogen functional groups attached to an aromatic ring is 1. The number of hydrogen-bond donors (Lipinski definition) is 3. The van der Waals surface area contributed by atoms with Gasteiger partial charge in [-0.3, -0.25) is 0 Å². The zero-order valence-corrected chi connectivity index (χ0v) is 19.8.